The summed E-state index contributed by atoms with van der Waals surface area (Å²) in [5.41, 5.74) is 3.50. The van der Waals surface area contributed by atoms with Gasteiger partial charge in [-0.1, -0.05) is 0 Å². The van der Waals surface area contributed by atoms with Crippen LogP contribution in [0.5, 0.6) is 0 Å². The third-order valence-corrected chi connectivity index (χ3v) is 3.03. The van der Waals surface area contributed by atoms with Gasteiger partial charge in [-0.2, -0.15) is 4.41 Å². The lowest BCUT2D eigenvalue weighted by Gasteiger charge is -2.17. The lowest BCUT2D eigenvalue weighted by molar-refractivity contribution is 0.587. The number of nitrogens with one attached hydrogen (secondary N) is 1. The first-order chi connectivity index (χ1) is 6.89. The number of hydrogen-bond acceptors (Lipinski definition) is 4. The van der Waals surface area contributed by atoms with Crippen molar-refractivity contribution in [3.05, 3.63) is 24.0 Å². The minimum atomic E-state index is -3.40. The molecule has 2 rings (SSSR count). The maximum absolute atomic E-state index is 12.9. The Balaban J connectivity index is 2.57. The lowest BCUT2D eigenvalue weighted by atomic mass is 10.2. The maximum Gasteiger partial charge on any atom is 0.247 e. The topological polar surface area (TPSA) is 52.6 Å². The summed E-state index contributed by atoms with van der Waals surface area (Å²) in [6, 6.07) is 3.91. The predicted molar refractivity (Wildman–Crippen MR) is 55.3 cm³/mol. The van der Waals surface area contributed by atoms with Crippen LogP contribution in [0.25, 0.3) is 0 Å². The highest BCUT2D eigenvalue weighted by molar-refractivity contribution is 7.92. The van der Waals surface area contributed by atoms with Crippen molar-refractivity contribution in [1.82, 2.24) is 5.53 Å². The Bertz CT molecular complexity index is 503. The van der Waals surface area contributed by atoms with Crippen LogP contribution in [0, 0.1) is 5.82 Å². The van der Waals surface area contributed by atoms with Gasteiger partial charge in [-0.05, 0) is 12.1 Å². The molecule has 0 saturated heterocycles. The average Bonchev–Trinajstić information content (AvgIpc) is 2.43. The van der Waals surface area contributed by atoms with Crippen molar-refractivity contribution in [2.24, 2.45) is 0 Å². The second-order valence-electron chi connectivity index (χ2n) is 3.32. The maximum atomic E-state index is 12.9. The second kappa shape index (κ2) is 3.07. The lowest BCUT2D eigenvalue weighted by Crippen LogP contribution is -2.45. The summed E-state index contributed by atoms with van der Waals surface area (Å²) < 4.78 is 36.7. The molecule has 1 aromatic carbocycles. The van der Waals surface area contributed by atoms with Crippen molar-refractivity contribution in [3.63, 3.8) is 0 Å². The van der Waals surface area contributed by atoms with Crippen molar-refractivity contribution in [1.29, 1.82) is 0 Å². The zero-order valence-corrected chi connectivity index (χ0v) is 9.05. The van der Waals surface area contributed by atoms with Crippen LogP contribution in [-0.4, -0.2) is 21.7 Å². The van der Waals surface area contributed by atoms with Crippen LogP contribution >= 0.6 is 0 Å². The molecule has 0 spiro atoms. The fraction of sp³-hybridized carbons (Fsp3) is 0.250. The average molecular weight is 231 g/mol. The highest BCUT2D eigenvalue weighted by Crippen LogP contribution is 2.33. The quantitative estimate of drug-likeness (QED) is 0.763. The predicted octanol–water partition coefficient (Wildman–Crippen LogP) is 0.461. The highest BCUT2D eigenvalue weighted by atomic mass is 32.2. The number of fused-ring (bicyclic) bond motifs is 1. The first kappa shape index (κ1) is 10.2. The molecule has 0 bridgehead atoms. The third kappa shape index (κ3) is 1.64. The molecule has 0 atom stereocenters. The molecule has 1 aliphatic heterocycles. The summed E-state index contributed by atoms with van der Waals surface area (Å²) in [7, 11) is -1.79. The number of hydrogen-bond donors (Lipinski definition) is 1. The Hall–Kier alpha value is -1.34. The molecule has 0 saturated carbocycles. The van der Waals surface area contributed by atoms with Gasteiger partial charge in [-0.15, -0.1) is 5.53 Å². The molecule has 1 N–H and O–H groups in total. The van der Waals surface area contributed by atoms with Gasteiger partial charge >= 0.3 is 0 Å². The van der Waals surface area contributed by atoms with E-state index in [0.29, 0.717) is 11.4 Å². The van der Waals surface area contributed by atoms with Crippen molar-refractivity contribution >= 4 is 21.4 Å². The molecule has 82 valence electrons. The normalized spacial score (nSPS) is 15.7. The Labute approximate surface area is 87.1 Å². The summed E-state index contributed by atoms with van der Waals surface area (Å²) in [6.07, 6.45) is 1.08. The Morgan fingerprint density at radius 3 is 2.60 bits per heavy atom. The minimum Gasteiger partial charge on any atom is -0.291 e. The SMILES string of the molecule is CN1NN(S(C)(=O)=O)c2ccc(F)cc21. The summed E-state index contributed by atoms with van der Waals surface area (Å²) in [5.74, 6) is -0.405. The standard InChI is InChI=1S/C8H10FN3O2S/c1-11-8-5-6(9)3-4-7(8)12(10-11)15(2,13)14/h3-5,10H,1-2H3. The summed E-state index contributed by atoms with van der Waals surface area (Å²) >= 11 is 0. The molecular formula is C8H10FN3O2S. The number of halogens is 1. The van der Waals surface area contributed by atoms with Gasteiger partial charge < -0.3 is 0 Å². The van der Waals surface area contributed by atoms with Gasteiger partial charge in [0.1, 0.15) is 5.82 Å². The van der Waals surface area contributed by atoms with Gasteiger partial charge in [0.25, 0.3) is 0 Å². The van der Waals surface area contributed by atoms with E-state index in [0.717, 1.165) is 10.7 Å². The molecule has 1 heterocycles. The van der Waals surface area contributed by atoms with E-state index in [1.807, 2.05) is 0 Å². The van der Waals surface area contributed by atoms with Crippen LogP contribution in [0.2, 0.25) is 0 Å². The van der Waals surface area contributed by atoms with Crippen LogP contribution in [-0.2, 0) is 10.0 Å². The van der Waals surface area contributed by atoms with Gasteiger partial charge in [0.15, 0.2) is 0 Å². The van der Waals surface area contributed by atoms with Gasteiger partial charge in [0.2, 0.25) is 10.0 Å². The Kier molecular flexibility index (Phi) is 2.09. The van der Waals surface area contributed by atoms with Gasteiger partial charge in [0.05, 0.1) is 17.6 Å². The monoisotopic (exact) mass is 231 g/mol. The smallest absolute Gasteiger partial charge is 0.247 e. The molecule has 7 heteroatoms. The molecule has 0 aromatic heterocycles. The third-order valence-electron chi connectivity index (χ3n) is 2.09. The molecule has 1 aromatic rings. The van der Waals surface area contributed by atoms with Gasteiger partial charge in [-0.3, -0.25) is 5.01 Å². The van der Waals surface area contributed by atoms with Crippen LogP contribution in [0.4, 0.5) is 15.8 Å². The summed E-state index contributed by atoms with van der Waals surface area (Å²) in [6.45, 7) is 0. The van der Waals surface area contributed by atoms with E-state index in [1.54, 1.807) is 7.05 Å². The molecule has 0 fully saturated rings. The van der Waals surface area contributed by atoms with E-state index < -0.39 is 15.8 Å². The molecule has 15 heavy (non-hydrogen) atoms. The molecule has 0 unspecified atom stereocenters. The molecule has 0 radical (unpaired) electrons. The Morgan fingerprint density at radius 2 is 2.00 bits per heavy atom. The number of nitrogens with zero attached hydrogens (tertiary/aromatic N) is 2. The van der Waals surface area contributed by atoms with Crippen LogP contribution in [0.15, 0.2) is 18.2 Å². The molecule has 0 aliphatic carbocycles. The van der Waals surface area contributed by atoms with Gasteiger partial charge in [-0.25, -0.2) is 12.8 Å². The molecular weight excluding hydrogens is 221 g/mol. The summed E-state index contributed by atoms with van der Waals surface area (Å²) in [5, 5.41) is 1.44. The number of rotatable bonds is 1. The fourth-order valence-corrected chi connectivity index (χ4v) is 2.22. The van der Waals surface area contributed by atoms with Crippen LogP contribution < -0.4 is 15.0 Å². The van der Waals surface area contributed by atoms with Crippen molar-refractivity contribution < 1.29 is 12.8 Å². The highest BCUT2D eigenvalue weighted by Gasteiger charge is 2.29. The van der Waals surface area contributed by atoms with E-state index in [1.165, 1.54) is 23.2 Å². The van der Waals surface area contributed by atoms with E-state index in [-0.39, 0.29) is 0 Å². The zero-order chi connectivity index (χ0) is 11.2. The van der Waals surface area contributed by atoms with Crippen molar-refractivity contribution in [2.45, 2.75) is 0 Å². The largest absolute Gasteiger partial charge is 0.291 e. The Morgan fingerprint density at radius 1 is 1.33 bits per heavy atom. The number of benzene rings is 1. The minimum absolute atomic E-state index is 0.405. The van der Waals surface area contributed by atoms with Crippen molar-refractivity contribution in [2.75, 3.05) is 22.7 Å². The van der Waals surface area contributed by atoms with E-state index in [2.05, 4.69) is 5.53 Å². The van der Waals surface area contributed by atoms with E-state index in [4.69, 9.17) is 0 Å². The molecule has 5 nitrogen and oxygen atoms in total. The molecule has 0 amide bonds. The zero-order valence-electron chi connectivity index (χ0n) is 8.23. The number of hydrazine groups is 2. The fourth-order valence-electron chi connectivity index (χ4n) is 1.43. The molecule has 1 aliphatic rings. The first-order valence-corrected chi connectivity index (χ1v) is 6.04. The van der Waals surface area contributed by atoms with Crippen LogP contribution in [0.3, 0.4) is 0 Å². The van der Waals surface area contributed by atoms with Crippen LogP contribution in [0.1, 0.15) is 0 Å². The first-order valence-electron chi connectivity index (χ1n) is 4.19. The second-order valence-corrected chi connectivity index (χ2v) is 5.15. The number of anilines is 2. The van der Waals surface area contributed by atoms with E-state index in [9.17, 15) is 12.8 Å². The van der Waals surface area contributed by atoms with Crippen molar-refractivity contribution in [3.8, 4) is 0 Å². The van der Waals surface area contributed by atoms with Gasteiger partial charge in [0, 0.05) is 13.1 Å². The number of sulfonamides is 1. The summed E-state index contributed by atoms with van der Waals surface area (Å²) in [4.78, 5) is 0. The van der Waals surface area contributed by atoms with E-state index >= 15 is 0 Å².